The first-order valence-corrected chi connectivity index (χ1v) is 10.6. The van der Waals surface area contributed by atoms with Gasteiger partial charge >= 0.3 is 6.18 Å². The Morgan fingerprint density at radius 3 is 2.30 bits per heavy atom. The van der Waals surface area contributed by atoms with Crippen molar-refractivity contribution in [1.29, 1.82) is 0 Å². The number of rotatable bonds is 6. The first-order chi connectivity index (χ1) is 15.5. The predicted octanol–water partition coefficient (Wildman–Crippen LogP) is 7.47. The zero-order chi connectivity index (χ0) is 24.2. The SMILES string of the molecule is O=C(NCc1ccc(Cl)nc1)c1ccc(/C=C/C(c2cc(Cl)cc(Cl)c2)C(F)(F)F)cc1F. The van der Waals surface area contributed by atoms with Crippen molar-refractivity contribution in [2.75, 3.05) is 0 Å². The standard InChI is InChI=1S/C23H15Cl3F4N2O/c24-16-8-15(9-17(25)10-16)19(23(28,29)30)5-2-13-1-4-18(20(27)7-13)22(33)32-12-14-3-6-21(26)31-11-14/h1-11,19H,12H2,(H,32,33)/b5-2+. The van der Waals surface area contributed by atoms with Crippen molar-refractivity contribution >= 4 is 46.8 Å². The van der Waals surface area contributed by atoms with Crippen LogP contribution in [-0.2, 0) is 6.54 Å². The first kappa shape index (κ1) is 25.0. The molecule has 10 heteroatoms. The number of carbonyl (C=O) groups is 1. The lowest BCUT2D eigenvalue weighted by Gasteiger charge is -2.18. The third-order valence-corrected chi connectivity index (χ3v) is 5.22. The second-order valence-corrected chi connectivity index (χ2v) is 8.25. The van der Waals surface area contributed by atoms with Gasteiger partial charge in [0.05, 0.1) is 11.5 Å². The number of hydrogen-bond donors (Lipinski definition) is 1. The van der Waals surface area contributed by atoms with E-state index in [4.69, 9.17) is 34.8 Å². The number of benzene rings is 2. The summed E-state index contributed by atoms with van der Waals surface area (Å²) in [5.74, 6) is -3.56. The van der Waals surface area contributed by atoms with Crippen LogP contribution in [0.3, 0.4) is 0 Å². The molecule has 33 heavy (non-hydrogen) atoms. The molecule has 1 atom stereocenters. The van der Waals surface area contributed by atoms with Gasteiger partial charge in [0.2, 0.25) is 0 Å². The summed E-state index contributed by atoms with van der Waals surface area (Å²) in [7, 11) is 0. The van der Waals surface area contributed by atoms with E-state index in [1.54, 1.807) is 12.1 Å². The van der Waals surface area contributed by atoms with Crippen molar-refractivity contribution < 1.29 is 22.4 Å². The highest BCUT2D eigenvalue weighted by atomic mass is 35.5. The number of halogens is 7. The topological polar surface area (TPSA) is 42.0 Å². The smallest absolute Gasteiger partial charge is 0.348 e. The van der Waals surface area contributed by atoms with E-state index in [9.17, 15) is 22.4 Å². The van der Waals surface area contributed by atoms with Crippen LogP contribution in [0.4, 0.5) is 17.6 Å². The Morgan fingerprint density at radius 1 is 1.03 bits per heavy atom. The summed E-state index contributed by atoms with van der Waals surface area (Å²) in [5, 5.41) is 2.97. The Labute approximate surface area is 202 Å². The number of allylic oxidation sites excluding steroid dienone is 1. The number of amides is 1. The molecule has 1 heterocycles. The van der Waals surface area contributed by atoms with E-state index in [1.165, 1.54) is 36.5 Å². The summed E-state index contributed by atoms with van der Waals surface area (Å²) in [4.78, 5) is 16.2. The van der Waals surface area contributed by atoms with Crippen LogP contribution >= 0.6 is 34.8 Å². The molecule has 3 nitrogen and oxygen atoms in total. The molecule has 0 saturated heterocycles. The number of pyridine rings is 1. The van der Waals surface area contributed by atoms with Crippen LogP contribution in [0.5, 0.6) is 0 Å². The number of hydrogen-bond acceptors (Lipinski definition) is 2. The van der Waals surface area contributed by atoms with E-state index in [0.29, 0.717) is 10.7 Å². The van der Waals surface area contributed by atoms with Gasteiger partial charge in [-0.15, -0.1) is 0 Å². The summed E-state index contributed by atoms with van der Waals surface area (Å²) in [6.45, 7) is 0.0968. The van der Waals surface area contributed by atoms with Gasteiger partial charge in [-0.3, -0.25) is 4.79 Å². The van der Waals surface area contributed by atoms with Crippen molar-refractivity contribution in [3.8, 4) is 0 Å². The molecular weight excluding hydrogens is 503 g/mol. The van der Waals surface area contributed by atoms with Gasteiger partial charge in [0.15, 0.2) is 0 Å². The van der Waals surface area contributed by atoms with Crippen LogP contribution in [0.15, 0.2) is 60.8 Å². The van der Waals surface area contributed by atoms with Gasteiger partial charge in [-0.25, -0.2) is 9.37 Å². The van der Waals surface area contributed by atoms with Crippen LogP contribution in [-0.4, -0.2) is 17.1 Å². The lowest BCUT2D eigenvalue weighted by atomic mass is 9.97. The fraction of sp³-hybridized carbons (Fsp3) is 0.130. The Balaban J connectivity index is 1.76. The Bertz CT molecular complexity index is 1160. The molecule has 0 aliphatic rings. The maximum absolute atomic E-state index is 14.5. The molecule has 1 aromatic heterocycles. The summed E-state index contributed by atoms with van der Waals surface area (Å²) in [5.41, 5.74) is 0.410. The highest BCUT2D eigenvalue weighted by Gasteiger charge is 2.39. The van der Waals surface area contributed by atoms with Gasteiger partial charge in [0, 0.05) is 22.8 Å². The van der Waals surface area contributed by atoms with Crippen LogP contribution in [0.1, 0.15) is 33.0 Å². The monoisotopic (exact) mass is 516 g/mol. The van der Waals surface area contributed by atoms with Crippen LogP contribution in [0.25, 0.3) is 6.08 Å². The van der Waals surface area contributed by atoms with Gasteiger partial charge in [-0.1, -0.05) is 59.1 Å². The molecular formula is C23H15Cl3F4N2O. The predicted molar refractivity (Wildman–Crippen MR) is 121 cm³/mol. The maximum Gasteiger partial charge on any atom is 0.399 e. The van der Waals surface area contributed by atoms with Crippen molar-refractivity contribution in [2.24, 2.45) is 0 Å². The molecule has 0 aliphatic carbocycles. The molecule has 3 aromatic rings. The van der Waals surface area contributed by atoms with E-state index >= 15 is 0 Å². The van der Waals surface area contributed by atoms with Gasteiger partial charge in [0.25, 0.3) is 5.91 Å². The van der Waals surface area contributed by atoms with Gasteiger partial charge < -0.3 is 5.32 Å². The van der Waals surface area contributed by atoms with Gasteiger partial charge in [0.1, 0.15) is 11.0 Å². The third kappa shape index (κ3) is 6.93. The number of nitrogens with zero attached hydrogens (tertiary/aromatic N) is 1. The van der Waals surface area contributed by atoms with E-state index in [1.807, 2.05) is 0 Å². The molecule has 172 valence electrons. The fourth-order valence-electron chi connectivity index (χ4n) is 2.98. The molecule has 2 aromatic carbocycles. The molecule has 0 radical (unpaired) electrons. The quantitative estimate of drug-likeness (QED) is 0.272. The van der Waals surface area contributed by atoms with E-state index in [-0.39, 0.29) is 33.3 Å². The Hall–Kier alpha value is -2.61. The van der Waals surface area contributed by atoms with Crippen LogP contribution in [0, 0.1) is 5.82 Å². The highest BCUT2D eigenvalue weighted by molar-refractivity contribution is 6.34. The van der Waals surface area contributed by atoms with Crippen molar-refractivity contribution in [3.05, 3.63) is 104 Å². The summed E-state index contributed by atoms with van der Waals surface area (Å²) in [6, 6.07) is 10.4. The minimum absolute atomic E-state index is 0.0657. The number of aromatic nitrogens is 1. The van der Waals surface area contributed by atoms with Crippen molar-refractivity contribution in [1.82, 2.24) is 10.3 Å². The van der Waals surface area contributed by atoms with Gasteiger partial charge in [-0.2, -0.15) is 13.2 Å². The average Bonchev–Trinajstić information content (AvgIpc) is 2.71. The second kappa shape index (κ2) is 10.5. The molecule has 0 spiro atoms. The molecule has 1 amide bonds. The van der Waals surface area contributed by atoms with Gasteiger partial charge in [-0.05, 0) is 53.1 Å². The Morgan fingerprint density at radius 2 is 1.73 bits per heavy atom. The first-order valence-electron chi connectivity index (χ1n) is 9.42. The molecule has 3 rings (SSSR count). The number of alkyl halides is 3. The van der Waals surface area contributed by atoms with Crippen LogP contribution < -0.4 is 5.32 Å². The molecule has 0 aliphatic heterocycles. The molecule has 1 N–H and O–H groups in total. The van der Waals surface area contributed by atoms with Crippen molar-refractivity contribution in [3.63, 3.8) is 0 Å². The molecule has 1 unspecified atom stereocenters. The fourth-order valence-corrected chi connectivity index (χ4v) is 3.63. The van der Waals surface area contributed by atoms with Crippen molar-refractivity contribution in [2.45, 2.75) is 18.6 Å². The zero-order valence-corrected chi connectivity index (χ0v) is 18.9. The second-order valence-electron chi connectivity index (χ2n) is 6.99. The minimum atomic E-state index is -4.63. The summed E-state index contributed by atoms with van der Waals surface area (Å²) in [6.07, 6.45) is -1.16. The third-order valence-electron chi connectivity index (χ3n) is 4.56. The number of carbonyl (C=O) groups excluding carboxylic acids is 1. The largest absolute Gasteiger partial charge is 0.399 e. The van der Waals surface area contributed by atoms with Crippen LogP contribution in [0.2, 0.25) is 15.2 Å². The van der Waals surface area contributed by atoms with E-state index in [2.05, 4.69) is 10.3 Å². The number of nitrogens with one attached hydrogen (secondary N) is 1. The van der Waals surface area contributed by atoms with E-state index in [0.717, 1.165) is 18.2 Å². The molecule has 0 bridgehead atoms. The molecule has 0 saturated carbocycles. The lowest BCUT2D eigenvalue weighted by Crippen LogP contribution is -2.23. The summed E-state index contributed by atoms with van der Waals surface area (Å²) >= 11 is 17.4. The molecule has 0 fully saturated rings. The summed E-state index contributed by atoms with van der Waals surface area (Å²) < 4.78 is 55.3. The normalized spacial score (nSPS) is 12.7. The maximum atomic E-state index is 14.5. The lowest BCUT2D eigenvalue weighted by molar-refractivity contribution is -0.139. The van der Waals surface area contributed by atoms with E-state index < -0.39 is 23.8 Å². The minimum Gasteiger partial charge on any atom is -0.348 e. The highest BCUT2D eigenvalue weighted by Crippen LogP contribution is 2.38. The Kier molecular flexibility index (Phi) is 8.00. The zero-order valence-electron chi connectivity index (χ0n) is 16.6. The average molecular weight is 518 g/mol.